The molecule has 0 saturated carbocycles. The molecular weight excluding hydrogens is 290 g/mol. The molecular formula is C10H11N3O4S2. The third-order valence-corrected chi connectivity index (χ3v) is 5.13. The molecule has 0 aliphatic heterocycles. The van der Waals surface area contributed by atoms with Crippen molar-refractivity contribution in [3.8, 4) is 0 Å². The Labute approximate surface area is 113 Å². The summed E-state index contributed by atoms with van der Waals surface area (Å²) in [6.45, 7) is 3.47. The van der Waals surface area contributed by atoms with E-state index in [0.29, 0.717) is 11.4 Å². The predicted molar refractivity (Wildman–Crippen MR) is 69.5 cm³/mol. The Morgan fingerprint density at radius 2 is 1.95 bits per heavy atom. The molecule has 2 heterocycles. The molecule has 0 atom stereocenters. The number of nitrogens with zero attached hydrogens (tertiary/aromatic N) is 2. The quantitative estimate of drug-likeness (QED) is 0.883. The number of carboxylic acid groups (broad SMARTS) is 1. The monoisotopic (exact) mass is 301 g/mol. The van der Waals surface area contributed by atoms with Gasteiger partial charge in [-0.2, -0.15) is 8.42 Å². The summed E-state index contributed by atoms with van der Waals surface area (Å²) in [5.41, 5.74) is 2.11. The predicted octanol–water partition coefficient (Wildman–Crippen LogP) is 1.19. The lowest BCUT2D eigenvalue weighted by atomic mass is 10.5. The van der Waals surface area contributed by atoms with Crippen LogP contribution < -0.4 is 4.83 Å². The van der Waals surface area contributed by atoms with Gasteiger partial charge in [0, 0.05) is 11.4 Å². The molecule has 2 aromatic rings. The van der Waals surface area contributed by atoms with Crippen LogP contribution in [0.4, 0.5) is 0 Å². The fourth-order valence-electron chi connectivity index (χ4n) is 1.54. The standard InChI is InChI=1S/C10H11N3O4S2/c1-6-3-4-7(2)13(6)12-19(16,17)10-8(9(14)15)11-5-18-10/h3-5,12H,1-2H3,(H,14,15). The molecule has 2 rings (SSSR count). The zero-order valence-corrected chi connectivity index (χ0v) is 11.7. The summed E-state index contributed by atoms with van der Waals surface area (Å²) in [6.07, 6.45) is 0. The maximum absolute atomic E-state index is 12.2. The fraction of sp³-hybridized carbons (Fsp3) is 0.200. The van der Waals surface area contributed by atoms with Crippen molar-refractivity contribution in [2.45, 2.75) is 18.1 Å². The van der Waals surface area contributed by atoms with Crippen molar-refractivity contribution in [2.75, 3.05) is 4.83 Å². The first-order valence-electron chi connectivity index (χ1n) is 5.17. The van der Waals surface area contributed by atoms with Gasteiger partial charge in [0.1, 0.15) is 0 Å². The molecule has 2 N–H and O–H groups in total. The number of aromatic carboxylic acids is 1. The Balaban J connectivity index is 2.44. The number of sulfonamides is 1. The molecule has 0 spiro atoms. The lowest BCUT2D eigenvalue weighted by Gasteiger charge is -2.12. The number of carbonyl (C=O) groups is 1. The molecule has 0 saturated heterocycles. The number of carboxylic acids is 1. The molecule has 2 aromatic heterocycles. The van der Waals surface area contributed by atoms with Crippen molar-refractivity contribution < 1.29 is 18.3 Å². The summed E-state index contributed by atoms with van der Waals surface area (Å²) < 4.78 is 25.4. The average Bonchev–Trinajstić information content (AvgIpc) is 2.91. The van der Waals surface area contributed by atoms with Crippen molar-refractivity contribution in [1.29, 1.82) is 0 Å². The van der Waals surface area contributed by atoms with Gasteiger partial charge in [-0.1, -0.05) is 0 Å². The van der Waals surface area contributed by atoms with E-state index in [2.05, 4.69) is 9.82 Å². The van der Waals surface area contributed by atoms with Crippen LogP contribution in [0.3, 0.4) is 0 Å². The molecule has 0 aromatic carbocycles. The van der Waals surface area contributed by atoms with Crippen molar-refractivity contribution in [2.24, 2.45) is 0 Å². The SMILES string of the molecule is Cc1ccc(C)n1NS(=O)(=O)c1scnc1C(=O)O. The normalized spacial score (nSPS) is 11.5. The number of thiazole rings is 1. The topological polar surface area (TPSA) is 101 Å². The summed E-state index contributed by atoms with van der Waals surface area (Å²) in [5, 5.41) is 8.90. The van der Waals surface area contributed by atoms with E-state index in [1.54, 1.807) is 26.0 Å². The Bertz CT molecular complexity index is 710. The van der Waals surface area contributed by atoms with E-state index < -0.39 is 21.7 Å². The zero-order chi connectivity index (χ0) is 14.2. The number of nitrogens with one attached hydrogen (secondary N) is 1. The molecule has 102 valence electrons. The van der Waals surface area contributed by atoms with E-state index in [1.165, 1.54) is 10.2 Å². The minimum atomic E-state index is -3.97. The maximum atomic E-state index is 12.2. The second-order valence-corrected chi connectivity index (χ2v) is 6.55. The molecule has 9 heteroatoms. The summed E-state index contributed by atoms with van der Waals surface area (Å²) in [7, 11) is -3.97. The maximum Gasteiger partial charge on any atom is 0.356 e. The molecule has 0 bridgehead atoms. The lowest BCUT2D eigenvalue weighted by molar-refractivity contribution is 0.0687. The Hall–Kier alpha value is -1.87. The van der Waals surface area contributed by atoms with E-state index >= 15 is 0 Å². The minimum Gasteiger partial charge on any atom is -0.476 e. The van der Waals surface area contributed by atoms with Crippen molar-refractivity contribution in [1.82, 2.24) is 9.66 Å². The molecule has 0 amide bonds. The van der Waals surface area contributed by atoms with Crippen LogP contribution in [-0.4, -0.2) is 29.2 Å². The number of aryl methyl sites for hydroxylation is 2. The first kappa shape index (κ1) is 13.6. The van der Waals surface area contributed by atoms with Crippen molar-refractivity contribution in [3.63, 3.8) is 0 Å². The summed E-state index contributed by atoms with van der Waals surface area (Å²) in [4.78, 5) is 16.8. The van der Waals surface area contributed by atoms with Crippen LogP contribution in [0, 0.1) is 13.8 Å². The zero-order valence-electron chi connectivity index (χ0n) is 10.1. The smallest absolute Gasteiger partial charge is 0.356 e. The van der Waals surface area contributed by atoms with Gasteiger partial charge < -0.3 is 5.11 Å². The molecule has 0 fully saturated rings. The largest absolute Gasteiger partial charge is 0.476 e. The highest BCUT2D eigenvalue weighted by molar-refractivity contribution is 7.94. The van der Waals surface area contributed by atoms with Gasteiger partial charge in [0.25, 0.3) is 10.0 Å². The molecule has 0 aliphatic carbocycles. The van der Waals surface area contributed by atoms with Gasteiger partial charge in [-0.05, 0) is 26.0 Å². The second kappa shape index (κ2) is 4.67. The van der Waals surface area contributed by atoms with Crippen LogP contribution in [0.25, 0.3) is 0 Å². The number of rotatable bonds is 4. The molecule has 0 unspecified atom stereocenters. The van der Waals surface area contributed by atoms with E-state index in [4.69, 9.17) is 5.11 Å². The highest BCUT2D eigenvalue weighted by Gasteiger charge is 2.26. The highest BCUT2D eigenvalue weighted by Crippen LogP contribution is 2.21. The Morgan fingerprint density at radius 1 is 1.37 bits per heavy atom. The number of hydrogen-bond donors (Lipinski definition) is 2. The summed E-state index contributed by atoms with van der Waals surface area (Å²) in [6, 6.07) is 3.51. The first-order valence-corrected chi connectivity index (χ1v) is 7.54. The molecule has 0 aliphatic rings. The van der Waals surface area contributed by atoms with Crippen LogP contribution in [0.1, 0.15) is 21.9 Å². The van der Waals surface area contributed by atoms with Gasteiger partial charge in [0.2, 0.25) is 0 Å². The molecule has 0 radical (unpaired) electrons. The van der Waals surface area contributed by atoms with Crippen LogP contribution >= 0.6 is 11.3 Å². The average molecular weight is 301 g/mol. The van der Waals surface area contributed by atoms with E-state index in [0.717, 1.165) is 11.3 Å². The van der Waals surface area contributed by atoms with Crippen molar-refractivity contribution >= 4 is 27.3 Å². The third kappa shape index (κ3) is 2.47. The summed E-state index contributed by atoms with van der Waals surface area (Å²) in [5.74, 6) is -1.37. The van der Waals surface area contributed by atoms with Crippen LogP contribution in [0.2, 0.25) is 0 Å². The Morgan fingerprint density at radius 3 is 2.47 bits per heavy atom. The summed E-state index contributed by atoms with van der Waals surface area (Å²) >= 11 is 0.763. The number of aromatic nitrogens is 2. The second-order valence-electron chi connectivity index (χ2n) is 3.84. The van der Waals surface area contributed by atoms with Gasteiger partial charge in [0.15, 0.2) is 9.90 Å². The molecule has 19 heavy (non-hydrogen) atoms. The first-order chi connectivity index (χ1) is 8.83. The van der Waals surface area contributed by atoms with Gasteiger partial charge in [0.05, 0.1) is 5.51 Å². The number of hydrogen-bond acceptors (Lipinski definition) is 5. The van der Waals surface area contributed by atoms with Crippen LogP contribution in [0.5, 0.6) is 0 Å². The van der Waals surface area contributed by atoms with E-state index in [-0.39, 0.29) is 4.21 Å². The van der Waals surface area contributed by atoms with Gasteiger partial charge in [-0.15, -0.1) is 11.3 Å². The van der Waals surface area contributed by atoms with Gasteiger partial charge in [-0.3, -0.25) is 4.68 Å². The van der Waals surface area contributed by atoms with Gasteiger partial charge in [-0.25, -0.2) is 14.6 Å². The third-order valence-electron chi connectivity index (χ3n) is 2.46. The van der Waals surface area contributed by atoms with E-state index in [9.17, 15) is 13.2 Å². The van der Waals surface area contributed by atoms with Gasteiger partial charge >= 0.3 is 5.97 Å². The van der Waals surface area contributed by atoms with E-state index in [1.807, 2.05) is 0 Å². The minimum absolute atomic E-state index is 0.312. The molecule has 7 nitrogen and oxygen atoms in total. The Kier molecular flexibility index (Phi) is 3.33. The highest BCUT2D eigenvalue weighted by atomic mass is 32.2. The van der Waals surface area contributed by atoms with Crippen molar-refractivity contribution in [3.05, 3.63) is 34.7 Å². The van der Waals surface area contributed by atoms with Crippen LogP contribution in [-0.2, 0) is 10.0 Å². The lowest BCUT2D eigenvalue weighted by Crippen LogP contribution is -2.25. The fourth-order valence-corrected chi connectivity index (χ4v) is 3.80. The van der Waals surface area contributed by atoms with Crippen LogP contribution in [0.15, 0.2) is 21.9 Å².